The lowest BCUT2D eigenvalue weighted by Crippen LogP contribution is -2.15. The molecule has 0 heterocycles. The topological polar surface area (TPSA) is 0 Å². The van der Waals surface area contributed by atoms with Crippen LogP contribution < -0.4 is 0 Å². The first-order valence-corrected chi connectivity index (χ1v) is 4.29. The van der Waals surface area contributed by atoms with E-state index in [1.54, 1.807) is 6.42 Å². The average molecular weight is 124 g/mol. The van der Waals surface area contributed by atoms with Gasteiger partial charge in [0.05, 0.1) is 0 Å². The molecule has 0 aromatic heterocycles. The standard InChI is InChI=1S/C9H16/c1-6-7(2)9-4-3-8(6)5-9/h6-9H,3-5H2,1-2H3/t6-,7?,8+,9-/m0/s1. The summed E-state index contributed by atoms with van der Waals surface area (Å²) in [5, 5.41) is 0. The molecule has 0 amide bonds. The predicted molar refractivity (Wildman–Crippen MR) is 39.2 cm³/mol. The van der Waals surface area contributed by atoms with E-state index in [2.05, 4.69) is 13.8 Å². The van der Waals surface area contributed by atoms with Gasteiger partial charge in [0.1, 0.15) is 0 Å². The minimum atomic E-state index is 1.05. The van der Waals surface area contributed by atoms with E-state index in [1.165, 1.54) is 12.8 Å². The lowest BCUT2D eigenvalue weighted by Gasteiger charge is -2.24. The van der Waals surface area contributed by atoms with Crippen LogP contribution in [0.5, 0.6) is 0 Å². The third-order valence-corrected chi connectivity index (χ3v) is 3.83. The molecule has 1 unspecified atom stereocenters. The molecule has 2 rings (SSSR count). The summed E-state index contributed by atoms with van der Waals surface area (Å²) in [5.41, 5.74) is 0. The Balaban J connectivity index is 2.15. The van der Waals surface area contributed by atoms with Crippen molar-refractivity contribution in [1.29, 1.82) is 0 Å². The number of hydrogen-bond donors (Lipinski definition) is 0. The Morgan fingerprint density at radius 1 is 0.889 bits per heavy atom. The second-order valence-corrected chi connectivity index (χ2v) is 4.05. The third-order valence-electron chi connectivity index (χ3n) is 3.83. The van der Waals surface area contributed by atoms with E-state index in [0.29, 0.717) is 0 Å². The molecule has 2 bridgehead atoms. The zero-order chi connectivity index (χ0) is 6.43. The second-order valence-electron chi connectivity index (χ2n) is 4.05. The van der Waals surface area contributed by atoms with Crippen LogP contribution in [0.4, 0.5) is 0 Å². The molecule has 0 aromatic rings. The van der Waals surface area contributed by atoms with Crippen LogP contribution in [0.2, 0.25) is 0 Å². The molecular formula is C9H16. The number of fused-ring (bicyclic) bond motifs is 2. The maximum atomic E-state index is 2.44. The Hall–Kier alpha value is 0. The summed E-state index contributed by atoms with van der Waals surface area (Å²) in [5.74, 6) is 4.32. The first-order valence-electron chi connectivity index (χ1n) is 4.29. The first kappa shape index (κ1) is 5.76. The molecule has 4 atom stereocenters. The summed E-state index contributed by atoms with van der Waals surface area (Å²) >= 11 is 0. The Bertz CT molecular complexity index is 99.2. The Morgan fingerprint density at radius 3 is 1.56 bits per heavy atom. The van der Waals surface area contributed by atoms with Crippen molar-refractivity contribution >= 4 is 0 Å². The van der Waals surface area contributed by atoms with Gasteiger partial charge in [-0.3, -0.25) is 0 Å². The SMILES string of the molecule is CC1[C@H]2CC[C@H](C2)[C@H]1C. The van der Waals surface area contributed by atoms with Gasteiger partial charge in [-0.1, -0.05) is 13.8 Å². The fraction of sp³-hybridized carbons (Fsp3) is 1.00. The highest BCUT2D eigenvalue weighted by atomic mass is 14.5. The molecule has 2 fully saturated rings. The highest BCUT2D eigenvalue weighted by Gasteiger charge is 2.42. The molecule has 0 spiro atoms. The van der Waals surface area contributed by atoms with Gasteiger partial charge in [0.15, 0.2) is 0 Å². The lowest BCUT2D eigenvalue weighted by molar-refractivity contribution is 0.259. The van der Waals surface area contributed by atoms with Gasteiger partial charge in [-0.05, 0) is 42.9 Å². The van der Waals surface area contributed by atoms with Crippen LogP contribution in [0.25, 0.3) is 0 Å². The predicted octanol–water partition coefficient (Wildman–Crippen LogP) is 2.69. The van der Waals surface area contributed by atoms with Gasteiger partial charge in [-0.25, -0.2) is 0 Å². The van der Waals surface area contributed by atoms with Crippen molar-refractivity contribution in [3.8, 4) is 0 Å². The van der Waals surface area contributed by atoms with Gasteiger partial charge in [0.2, 0.25) is 0 Å². The zero-order valence-corrected chi connectivity index (χ0v) is 6.43. The molecule has 0 aliphatic heterocycles. The molecule has 0 heteroatoms. The van der Waals surface area contributed by atoms with Crippen molar-refractivity contribution in [3.05, 3.63) is 0 Å². The van der Waals surface area contributed by atoms with E-state index in [1.807, 2.05) is 0 Å². The van der Waals surface area contributed by atoms with Crippen LogP contribution in [0.15, 0.2) is 0 Å². The van der Waals surface area contributed by atoms with Crippen molar-refractivity contribution in [2.24, 2.45) is 23.7 Å². The second kappa shape index (κ2) is 1.74. The summed E-state index contributed by atoms with van der Waals surface area (Å²) in [7, 11) is 0. The van der Waals surface area contributed by atoms with Gasteiger partial charge >= 0.3 is 0 Å². The van der Waals surface area contributed by atoms with Gasteiger partial charge in [0, 0.05) is 0 Å². The van der Waals surface area contributed by atoms with E-state index in [-0.39, 0.29) is 0 Å². The van der Waals surface area contributed by atoms with Crippen LogP contribution in [-0.2, 0) is 0 Å². The number of hydrogen-bond acceptors (Lipinski definition) is 0. The Kier molecular flexibility index (Phi) is 1.12. The van der Waals surface area contributed by atoms with E-state index in [0.717, 1.165) is 23.7 Å². The van der Waals surface area contributed by atoms with E-state index < -0.39 is 0 Å². The highest BCUT2D eigenvalue weighted by Crippen LogP contribution is 2.51. The molecular weight excluding hydrogens is 108 g/mol. The quantitative estimate of drug-likeness (QED) is 0.465. The molecule has 2 saturated carbocycles. The summed E-state index contributed by atoms with van der Waals surface area (Å²) in [4.78, 5) is 0. The van der Waals surface area contributed by atoms with Crippen molar-refractivity contribution in [1.82, 2.24) is 0 Å². The largest absolute Gasteiger partial charge is 0.0620 e. The molecule has 9 heavy (non-hydrogen) atoms. The van der Waals surface area contributed by atoms with Crippen LogP contribution >= 0.6 is 0 Å². The lowest BCUT2D eigenvalue weighted by atomic mass is 9.82. The van der Waals surface area contributed by atoms with Gasteiger partial charge in [-0.2, -0.15) is 0 Å². The fourth-order valence-corrected chi connectivity index (χ4v) is 2.87. The average Bonchev–Trinajstić information content (AvgIpc) is 2.37. The van der Waals surface area contributed by atoms with Crippen molar-refractivity contribution in [2.45, 2.75) is 33.1 Å². The van der Waals surface area contributed by atoms with Crippen molar-refractivity contribution in [2.75, 3.05) is 0 Å². The van der Waals surface area contributed by atoms with E-state index in [9.17, 15) is 0 Å². The molecule has 0 nitrogen and oxygen atoms in total. The molecule has 0 radical (unpaired) electrons. The number of rotatable bonds is 0. The normalized spacial score (nSPS) is 56.7. The minimum Gasteiger partial charge on any atom is -0.0620 e. The molecule has 52 valence electrons. The summed E-state index contributed by atoms with van der Waals surface area (Å²) < 4.78 is 0. The fourth-order valence-electron chi connectivity index (χ4n) is 2.87. The summed E-state index contributed by atoms with van der Waals surface area (Å²) in [6.07, 6.45) is 4.63. The van der Waals surface area contributed by atoms with Crippen LogP contribution in [0.3, 0.4) is 0 Å². The highest BCUT2D eigenvalue weighted by molar-refractivity contribution is 4.92. The van der Waals surface area contributed by atoms with Crippen LogP contribution in [-0.4, -0.2) is 0 Å². The van der Waals surface area contributed by atoms with Gasteiger partial charge in [0.25, 0.3) is 0 Å². The molecule has 2 aliphatic carbocycles. The molecule has 2 aliphatic rings. The maximum Gasteiger partial charge on any atom is -0.0383 e. The van der Waals surface area contributed by atoms with E-state index in [4.69, 9.17) is 0 Å². The zero-order valence-electron chi connectivity index (χ0n) is 6.43. The first-order chi connectivity index (χ1) is 4.29. The van der Waals surface area contributed by atoms with Gasteiger partial charge in [-0.15, -0.1) is 0 Å². The van der Waals surface area contributed by atoms with Crippen LogP contribution in [0, 0.1) is 23.7 Å². The minimum absolute atomic E-state index is 1.05. The third kappa shape index (κ3) is 0.653. The van der Waals surface area contributed by atoms with Crippen LogP contribution in [0.1, 0.15) is 33.1 Å². The van der Waals surface area contributed by atoms with Crippen molar-refractivity contribution in [3.63, 3.8) is 0 Å². The maximum absolute atomic E-state index is 2.44. The summed E-state index contributed by atoms with van der Waals surface area (Å²) in [6, 6.07) is 0. The van der Waals surface area contributed by atoms with E-state index >= 15 is 0 Å². The molecule has 0 saturated heterocycles. The van der Waals surface area contributed by atoms with Gasteiger partial charge < -0.3 is 0 Å². The summed E-state index contributed by atoms with van der Waals surface area (Å²) in [6.45, 7) is 4.88. The Morgan fingerprint density at radius 2 is 1.33 bits per heavy atom. The monoisotopic (exact) mass is 124 g/mol. The molecule has 0 N–H and O–H groups in total. The smallest absolute Gasteiger partial charge is 0.0383 e. The molecule has 0 aromatic carbocycles. The van der Waals surface area contributed by atoms with Crippen molar-refractivity contribution < 1.29 is 0 Å². The Labute approximate surface area is 57.6 Å².